The fourth-order valence-electron chi connectivity index (χ4n) is 2.95. The first-order chi connectivity index (χ1) is 13.5. The molecule has 8 nitrogen and oxygen atoms in total. The van der Waals surface area contributed by atoms with Gasteiger partial charge in [0.05, 0.1) is 7.11 Å². The highest BCUT2D eigenvalue weighted by molar-refractivity contribution is 5.98. The van der Waals surface area contributed by atoms with Gasteiger partial charge in [0.1, 0.15) is 11.1 Å². The van der Waals surface area contributed by atoms with E-state index in [0.29, 0.717) is 16.5 Å². The topological polar surface area (TPSA) is 102 Å². The number of benzene rings is 2. The Labute approximate surface area is 159 Å². The molecule has 1 aliphatic heterocycles. The molecule has 142 valence electrons. The molecule has 1 atom stereocenters. The maximum absolute atomic E-state index is 12.4. The number of methoxy groups -OCH3 is 1. The first kappa shape index (κ1) is 17.6. The second-order valence-electron chi connectivity index (χ2n) is 6.16. The molecule has 1 amide bonds. The molecule has 4 rings (SSSR count). The molecule has 2 aromatic carbocycles. The number of hydrogen-bond acceptors (Lipinski definition) is 7. The van der Waals surface area contributed by atoms with Crippen molar-refractivity contribution in [1.29, 1.82) is 0 Å². The van der Waals surface area contributed by atoms with E-state index in [1.165, 1.54) is 26.2 Å². The number of hydrogen-bond donors (Lipinski definition) is 1. The Morgan fingerprint density at radius 3 is 2.75 bits per heavy atom. The van der Waals surface area contributed by atoms with Crippen molar-refractivity contribution >= 4 is 22.8 Å². The Kier molecular flexibility index (Phi) is 4.23. The highest BCUT2D eigenvalue weighted by atomic mass is 16.5. The number of carbonyl (C=O) groups excluding carboxylic acids is 1. The molecule has 0 bridgehead atoms. The number of phenolic OH excluding ortho intramolecular Hbond substituents is 1. The summed E-state index contributed by atoms with van der Waals surface area (Å²) in [6, 6.07) is 13.2. The normalized spacial score (nSPS) is 16.0. The minimum absolute atomic E-state index is 0.0215. The summed E-state index contributed by atoms with van der Waals surface area (Å²) in [5.74, 6) is -0.220. The lowest BCUT2D eigenvalue weighted by atomic mass is 10.1. The zero-order valence-corrected chi connectivity index (χ0v) is 15.1. The second-order valence-corrected chi connectivity index (χ2v) is 6.16. The molecule has 0 radical (unpaired) electrons. The maximum Gasteiger partial charge on any atom is 0.349 e. The van der Waals surface area contributed by atoms with Gasteiger partial charge in [0.2, 0.25) is 18.0 Å². The predicted molar refractivity (Wildman–Crippen MR) is 100 cm³/mol. The standard InChI is InChI=1S/C20H16N2O6/c1-11(23)22-19(13-7-8-15(24)17(10-13)26-2)28-18(21-22)14-9-12-5-3-4-6-16(12)27-20(14)25/h3-10,19,24H,1-2H3. The van der Waals surface area contributed by atoms with Gasteiger partial charge in [-0.15, -0.1) is 5.10 Å². The molecular weight excluding hydrogens is 364 g/mol. The van der Waals surface area contributed by atoms with Gasteiger partial charge in [-0.25, -0.2) is 4.79 Å². The summed E-state index contributed by atoms with van der Waals surface area (Å²) >= 11 is 0. The monoisotopic (exact) mass is 380 g/mol. The van der Waals surface area contributed by atoms with Crippen molar-refractivity contribution in [3.8, 4) is 11.5 Å². The third-order valence-corrected chi connectivity index (χ3v) is 4.33. The van der Waals surface area contributed by atoms with Crippen LogP contribution >= 0.6 is 0 Å². The van der Waals surface area contributed by atoms with Crippen LogP contribution in [-0.4, -0.2) is 29.0 Å². The Morgan fingerprint density at radius 1 is 1.21 bits per heavy atom. The van der Waals surface area contributed by atoms with E-state index < -0.39 is 11.9 Å². The Hall–Kier alpha value is -3.81. The Morgan fingerprint density at radius 2 is 2.00 bits per heavy atom. The Bertz CT molecular complexity index is 1170. The van der Waals surface area contributed by atoms with Gasteiger partial charge in [-0.2, -0.15) is 5.01 Å². The molecule has 0 aliphatic carbocycles. The molecule has 0 spiro atoms. The summed E-state index contributed by atoms with van der Waals surface area (Å²) in [6.45, 7) is 1.34. The maximum atomic E-state index is 12.4. The van der Waals surface area contributed by atoms with Crippen LogP contribution in [0.1, 0.15) is 24.3 Å². The number of hydrazone groups is 1. The summed E-state index contributed by atoms with van der Waals surface area (Å²) < 4.78 is 16.3. The molecule has 1 aliphatic rings. The van der Waals surface area contributed by atoms with Crippen molar-refractivity contribution in [2.24, 2.45) is 5.10 Å². The van der Waals surface area contributed by atoms with Crippen LogP contribution in [0.15, 0.2) is 62.8 Å². The number of aromatic hydroxyl groups is 1. The van der Waals surface area contributed by atoms with Gasteiger partial charge < -0.3 is 19.0 Å². The minimum atomic E-state index is -0.909. The van der Waals surface area contributed by atoms with Gasteiger partial charge in [-0.05, 0) is 30.3 Å². The molecule has 1 unspecified atom stereocenters. The van der Waals surface area contributed by atoms with Gasteiger partial charge in [-0.1, -0.05) is 18.2 Å². The molecule has 0 saturated heterocycles. The van der Waals surface area contributed by atoms with Crippen LogP contribution < -0.4 is 10.4 Å². The number of para-hydroxylation sites is 1. The first-order valence-electron chi connectivity index (χ1n) is 8.43. The zero-order chi connectivity index (χ0) is 19.8. The van der Waals surface area contributed by atoms with Crippen molar-refractivity contribution in [2.75, 3.05) is 7.11 Å². The van der Waals surface area contributed by atoms with Crippen LogP contribution in [0, 0.1) is 0 Å². The summed E-state index contributed by atoms with van der Waals surface area (Å²) in [5, 5.41) is 15.8. The van der Waals surface area contributed by atoms with Gasteiger partial charge in [0, 0.05) is 17.9 Å². The fraction of sp³-hybridized carbons (Fsp3) is 0.150. The molecule has 0 fully saturated rings. The highest BCUT2D eigenvalue weighted by Crippen LogP contribution is 2.35. The smallest absolute Gasteiger partial charge is 0.349 e. The van der Waals surface area contributed by atoms with E-state index in [2.05, 4.69) is 5.10 Å². The van der Waals surface area contributed by atoms with E-state index in [-0.39, 0.29) is 28.9 Å². The quantitative estimate of drug-likeness (QED) is 0.701. The zero-order valence-electron chi connectivity index (χ0n) is 15.1. The van der Waals surface area contributed by atoms with E-state index in [1.54, 1.807) is 30.3 Å². The van der Waals surface area contributed by atoms with Gasteiger partial charge in [-0.3, -0.25) is 4.79 Å². The SMILES string of the molecule is COc1cc(C2OC(c3cc4ccccc4oc3=O)=NN2C(C)=O)ccc1O. The van der Waals surface area contributed by atoms with E-state index in [4.69, 9.17) is 13.9 Å². The van der Waals surface area contributed by atoms with Crippen molar-refractivity contribution < 1.29 is 23.8 Å². The number of amides is 1. The van der Waals surface area contributed by atoms with E-state index >= 15 is 0 Å². The summed E-state index contributed by atoms with van der Waals surface area (Å²) in [5.41, 5.74) is 0.454. The molecule has 0 saturated carbocycles. The Balaban J connectivity index is 1.76. The van der Waals surface area contributed by atoms with Crippen molar-refractivity contribution in [3.63, 3.8) is 0 Å². The largest absolute Gasteiger partial charge is 0.504 e. The first-order valence-corrected chi connectivity index (χ1v) is 8.43. The highest BCUT2D eigenvalue weighted by Gasteiger charge is 2.35. The van der Waals surface area contributed by atoms with Crippen molar-refractivity contribution in [1.82, 2.24) is 5.01 Å². The molecular formula is C20H16N2O6. The van der Waals surface area contributed by atoms with Crippen LogP contribution in [0.4, 0.5) is 0 Å². The summed E-state index contributed by atoms with van der Waals surface area (Å²) in [7, 11) is 1.42. The fourth-order valence-corrected chi connectivity index (χ4v) is 2.95. The number of ether oxygens (including phenoxy) is 2. The van der Waals surface area contributed by atoms with Gasteiger partial charge in [0.15, 0.2) is 11.5 Å². The van der Waals surface area contributed by atoms with Crippen molar-refractivity contribution in [2.45, 2.75) is 13.2 Å². The van der Waals surface area contributed by atoms with Crippen molar-refractivity contribution in [3.05, 3.63) is 70.1 Å². The third-order valence-electron chi connectivity index (χ3n) is 4.33. The van der Waals surface area contributed by atoms with Crippen LogP contribution in [0.25, 0.3) is 11.0 Å². The summed E-state index contributed by atoms with van der Waals surface area (Å²) in [6.07, 6.45) is -0.909. The number of fused-ring (bicyclic) bond motifs is 1. The lowest BCUT2D eigenvalue weighted by Crippen LogP contribution is -2.25. The average molecular weight is 380 g/mol. The van der Waals surface area contributed by atoms with Gasteiger partial charge in [0.25, 0.3) is 0 Å². The third kappa shape index (κ3) is 2.94. The van der Waals surface area contributed by atoms with Crippen LogP contribution in [-0.2, 0) is 9.53 Å². The number of carbonyl (C=O) groups is 1. The molecule has 1 N–H and O–H groups in total. The molecule has 8 heteroatoms. The summed E-state index contributed by atoms with van der Waals surface area (Å²) in [4.78, 5) is 24.5. The van der Waals surface area contributed by atoms with E-state index in [9.17, 15) is 14.7 Å². The van der Waals surface area contributed by atoms with Crippen LogP contribution in [0.3, 0.4) is 0 Å². The van der Waals surface area contributed by atoms with E-state index in [1.807, 2.05) is 6.07 Å². The number of phenols is 1. The van der Waals surface area contributed by atoms with Gasteiger partial charge >= 0.3 is 5.63 Å². The van der Waals surface area contributed by atoms with Crippen LogP contribution in [0.2, 0.25) is 0 Å². The lowest BCUT2D eigenvalue weighted by molar-refractivity contribution is -0.135. The molecule has 1 aromatic heterocycles. The predicted octanol–water partition coefficient (Wildman–Crippen LogP) is 2.75. The average Bonchev–Trinajstić information content (AvgIpc) is 3.13. The minimum Gasteiger partial charge on any atom is -0.504 e. The molecule has 2 heterocycles. The van der Waals surface area contributed by atoms with E-state index in [0.717, 1.165) is 5.01 Å². The lowest BCUT2D eigenvalue weighted by Gasteiger charge is -2.20. The number of rotatable bonds is 3. The number of nitrogens with zero attached hydrogens (tertiary/aromatic N) is 2. The molecule has 28 heavy (non-hydrogen) atoms. The second kappa shape index (κ2) is 6.73. The molecule has 3 aromatic rings. The van der Waals surface area contributed by atoms with Crippen LogP contribution in [0.5, 0.6) is 11.5 Å².